The minimum absolute atomic E-state index is 0.0433. The van der Waals surface area contributed by atoms with Gasteiger partial charge in [0.1, 0.15) is 5.75 Å². The fraction of sp³-hybridized carbons (Fsp3) is 0.238. The number of anilines is 1. The second-order valence-corrected chi connectivity index (χ2v) is 6.89. The van der Waals surface area contributed by atoms with E-state index in [1.54, 1.807) is 4.90 Å². The number of para-hydroxylation sites is 1. The van der Waals surface area contributed by atoms with Crippen LogP contribution < -0.4 is 9.64 Å². The van der Waals surface area contributed by atoms with Crippen LogP contribution in [-0.2, 0) is 0 Å². The molecular formula is C21H20N4O4. The largest absolute Gasteiger partial charge is 0.415 e. The zero-order valence-electron chi connectivity index (χ0n) is 15.9. The molecule has 0 aliphatic carbocycles. The number of carbonyl (C=O) groups is 1. The molecule has 8 heteroatoms. The highest BCUT2D eigenvalue weighted by Gasteiger charge is 2.24. The van der Waals surface area contributed by atoms with Crippen molar-refractivity contribution < 1.29 is 14.5 Å². The van der Waals surface area contributed by atoms with Crippen LogP contribution in [0.25, 0.3) is 10.9 Å². The van der Waals surface area contributed by atoms with Crippen LogP contribution in [0.4, 0.5) is 16.2 Å². The van der Waals surface area contributed by atoms with Crippen molar-refractivity contribution >= 4 is 28.4 Å². The first kappa shape index (κ1) is 18.7. The van der Waals surface area contributed by atoms with Gasteiger partial charge in [-0.15, -0.1) is 0 Å². The molecule has 1 fully saturated rings. The summed E-state index contributed by atoms with van der Waals surface area (Å²) in [6, 6.07) is 15.6. The van der Waals surface area contributed by atoms with E-state index < -0.39 is 11.0 Å². The molecule has 3 aromatic rings. The third kappa shape index (κ3) is 3.96. The van der Waals surface area contributed by atoms with E-state index in [-0.39, 0.29) is 5.69 Å². The SMILES string of the molecule is Cc1cc(N2CCN(C(=O)Oc3ccc([N+](=O)[O-])cc3)CC2)c2ccccc2n1. The van der Waals surface area contributed by atoms with Gasteiger partial charge in [-0.3, -0.25) is 15.1 Å². The Bertz CT molecular complexity index is 1060. The number of ether oxygens (including phenoxy) is 1. The summed E-state index contributed by atoms with van der Waals surface area (Å²) in [5.74, 6) is 0.291. The van der Waals surface area contributed by atoms with Gasteiger partial charge in [-0.05, 0) is 31.2 Å². The Morgan fingerprint density at radius 2 is 1.76 bits per heavy atom. The number of rotatable bonds is 3. The lowest BCUT2D eigenvalue weighted by molar-refractivity contribution is -0.384. The molecule has 1 amide bonds. The van der Waals surface area contributed by atoms with Crippen LogP contribution >= 0.6 is 0 Å². The maximum absolute atomic E-state index is 12.4. The molecule has 148 valence electrons. The molecule has 4 rings (SSSR count). The molecule has 2 aromatic carbocycles. The zero-order chi connectivity index (χ0) is 20.4. The number of benzene rings is 2. The highest BCUT2D eigenvalue weighted by Crippen LogP contribution is 2.27. The van der Waals surface area contributed by atoms with E-state index in [2.05, 4.69) is 22.0 Å². The van der Waals surface area contributed by atoms with Crippen molar-refractivity contribution in [2.24, 2.45) is 0 Å². The summed E-state index contributed by atoms with van der Waals surface area (Å²) in [6.07, 6.45) is -0.450. The van der Waals surface area contributed by atoms with Crippen molar-refractivity contribution in [3.05, 3.63) is 70.4 Å². The van der Waals surface area contributed by atoms with Gasteiger partial charge in [-0.1, -0.05) is 18.2 Å². The summed E-state index contributed by atoms with van der Waals surface area (Å²) < 4.78 is 5.35. The summed E-state index contributed by atoms with van der Waals surface area (Å²) in [5.41, 5.74) is 3.00. The minimum Gasteiger partial charge on any atom is -0.410 e. The number of carbonyl (C=O) groups excluding carboxylic acids is 1. The fourth-order valence-corrected chi connectivity index (χ4v) is 3.48. The van der Waals surface area contributed by atoms with Gasteiger partial charge in [-0.25, -0.2) is 4.79 Å². The third-order valence-corrected chi connectivity index (χ3v) is 4.95. The van der Waals surface area contributed by atoms with Gasteiger partial charge in [0.25, 0.3) is 5.69 Å². The summed E-state index contributed by atoms with van der Waals surface area (Å²) >= 11 is 0. The zero-order valence-corrected chi connectivity index (χ0v) is 15.9. The maximum Gasteiger partial charge on any atom is 0.415 e. The summed E-state index contributed by atoms with van der Waals surface area (Å²) in [6.45, 7) is 4.41. The molecule has 29 heavy (non-hydrogen) atoms. The first-order valence-electron chi connectivity index (χ1n) is 9.34. The number of piperazine rings is 1. The molecule has 0 bridgehead atoms. The van der Waals surface area contributed by atoms with Gasteiger partial charge >= 0.3 is 6.09 Å². The van der Waals surface area contributed by atoms with Crippen LogP contribution in [-0.4, -0.2) is 47.1 Å². The molecule has 1 aliphatic heterocycles. The van der Waals surface area contributed by atoms with Gasteiger partial charge in [0, 0.05) is 55.1 Å². The van der Waals surface area contributed by atoms with Gasteiger partial charge in [0.05, 0.1) is 10.4 Å². The van der Waals surface area contributed by atoms with Crippen molar-refractivity contribution in [2.75, 3.05) is 31.1 Å². The number of amides is 1. The number of nitro benzene ring substituents is 1. The fourth-order valence-electron chi connectivity index (χ4n) is 3.48. The molecule has 1 saturated heterocycles. The van der Waals surface area contributed by atoms with Gasteiger partial charge < -0.3 is 14.5 Å². The predicted molar refractivity (Wildman–Crippen MR) is 109 cm³/mol. The Hall–Kier alpha value is -3.68. The Kier molecular flexibility index (Phi) is 4.99. The van der Waals surface area contributed by atoms with Crippen molar-refractivity contribution in [3.8, 4) is 5.75 Å². The number of aryl methyl sites for hydroxylation is 1. The summed E-state index contributed by atoms with van der Waals surface area (Å²) in [4.78, 5) is 31.1. The lowest BCUT2D eigenvalue weighted by Crippen LogP contribution is -2.49. The van der Waals surface area contributed by atoms with Crippen LogP contribution in [0.1, 0.15) is 5.69 Å². The summed E-state index contributed by atoms with van der Waals surface area (Å²) in [7, 11) is 0. The van der Waals surface area contributed by atoms with E-state index in [0.717, 1.165) is 22.3 Å². The number of nitro groups is 1. The molecule has 1 aliphatic rings. The minimum atomic E-state index is -0.491. The molecule has 8 nitrogen and oxygen atoms in total. The first-order chi connectivity index (χ1) is 14.0. The average Bonchev–Trinajstić information content (AvgIpc) is 2.73. The van der Waals surface area contributed by atoms with Crippen LogP contribution in [0, 0.1) is 17.0 Å². The molecule has 0 N–H and O–H groups in total. The standard InChI is InChI=1S/C21H20N4O4/c1-15-14-20(18-4-2-3-5-19(18)22-15)23-10-12-24(13-11-23)21(26)29-17-8-6-16(7-9-17)25(27)28/h2-9,14H,10-13H2,1H3. The Labute approximate surface area is 167 Å². The molecule has 0 atom stereocenters. The van der Waals surface area contributed by atoms with Gasteiger partial charge in [0.2, 0.25) is 0 Å². The number of hydrogen-bond donors (Lipinski definition) is 0. The predicted octanol–water partition coefficient (Wildman–Crippen LogP) is 3.77. The molecule has 0 spiro atoms. The van der Waals surface area contributed by atoms with Crippen LogP contribution in [0.5, 0.6) is 5.75 Å². The lowest BCUT2D eigenvalue weighted by Gasteiger charge is -2.36. The van der Waals surface area contributed by atoms with E-state index >= 15 is 0 Å². The normalized spacial score (nSPS) is 14.1. The van der Waals surface area contributed by atoms with Crippen molar-refractivity contribution in [1.82, 2.24) is 9.88 Å². The van der Waals surface area contributed by atoms with E-state index in [0.29, 0.717) is 31.9 Å². The molecule has 0 unspecified atom stereocenters. The molecule has 2 heterocycles. The van der Waals surface area contributed by atoms with Gasteiger partial charge in [0.15, 0.2) is 0 Å². The monoisotopic (exact) mass is 392 g/mol. The second-order valence-electron chi connectivity index (χ2n) is 6.89. The van der Waals surface area contributed by atoms with Crippen LogP contribution in [0.15, 0.2) is 54.6 Å². The topological polar surface area (TPSA) is 88.8 Å². The Balaban J connectivity index is 1.42. The number of pyridine rings is 1. The number of aromatic nitrogens is 1. The quantitative estimate of drug-likeness (QED) is 0.498. The van der Waals surface area contributed by atoms with E-state index in [4.69, 9.17) is 4.74 Å². The summed E-state index contributed by atoms with van der Waals surface area (Å²) in [5, 5.41) is 11.8. The number of fused-ring (bicyclic) bond motifs is 1. The Morgan fingerprint density at radius 1 is 1.07 bits per heavy atom. The van der Waals surface area contributed by atoms with Crippen molar-refractivity contribution in [2.45, 2.75) is 6.92 Å². The molecule has 1 aromatic heterocycles. The van der Waals surface area contributed by atoms with E-state index in [1.165, 1.54) is 24.3 Å². The number of non-ortho nitro benzene ring substituents is 1. The lowest BCUT2D eigenvalue weighted by atomic mass is 10.1. The highest BCUT2D eigenvalue weighted by atomic mass is 16.6. The van der Waals surface area contributed by atoms with Crippen molar-refractivity contribution in [1.29, 1.82) is 0 Å². The van der Waals surface area contributed by atoms with Crippen LogP contribution in [0.2, 0.25) is 0 Å². The third-order valence-electron chi connectivity index (χ3n) is 4.95. The number of nitrogens with zero attached hydrogens (tertiary/aromatic N) is 4. The van der Waals surface area contributed by atoms with Gasteiger partial charge in [-0.2, -0.15) is 0 Å². The van der Waals surface area contributed by atoms with E-state index in [1.807, 2.05) is 25.1 Å². The molecular weight excluding hydrogens is 372 g/mol. The van der Waals surface area contributed by atoms with Crippen molar-refractivity contribution in [3.63, 3.8) is 0 Å². The smallest absolute Gasteiger partial charge is 0.410 e. The first-order valence-corrected chi connectivity index (χ1v) is 9.34. The number of hydrogen-bond acceptors (Lipinski definition) is 6. The molecule has 0 radical (unpaired) electrons. The average molecular weight is 392 g/mol. The second kappa shape index (κ2) is 7.75. The highest BCUT2D eigenvalue weighted by molar-refractivity contribution is 5.92. The van der Waals surface area contributed by atoms with Crippen LogP contribution in [0.3, 0.4) is 0 Å². The van der Waals surface area contributed by atoms with E-state index in [9.17, 15) is 14.9 Å². The molecule has 0 saturated carbocycles. The Morgan fingerprint density at radius 3 is 2.45 bits per heavy atom. The maximum atomic E-state index is 12.4.